The van der Waals surface area contributed by atoms with Crippen LogP contribution in [0.25, 0.3) is 0 Å². The Balaban J connectivity index is 2.79. The van der Waals surface area contributed by atoms with Gasteiger partial charge in [-0.15, -0.1) is 0 Å². The van der Waals surface area contributed by atoms with Gasteiger partial charge >= 0.3 is 0 Å². The van der Waals surface area contributed by atoms with E-state index >= 15 is 0 Å². The Morgan fingerprint density at radius 2 is 0.558 bits per heavy atom. The Morgan fingerprint density at radius 3 is 0.692 bits per heavy atom. The van der Waals surface area contributed by atoms with Crippen molar-refractivity contribution in [3.63, 3.8) is 0 Å². The van der Waals surface area contributed by atoms with Gasteiger partial charge in [0.2, 0.25) is 0 Å². The van der Waals surface area contributed by atoms with Crippen molar-refractivity contribution >= 4 is 38.5 Å². The van der Waals surface area contributed by atoms with Gasteiger partial charge in [-0.05, 0) is 163 Å². The molecule has 6 heteroatoms. The van der Waals surface area contributed by atoms with Gasteiger partial charge in [-0.1, -0.05) is 123 Å². The van der Waals surface area contributed by atoms with Crippen LogP contribution in [-0.4, -0.2) is 44.4 Å². The summed E-state index contributed by atoms with van der Waals surface area (Å²) in [4.78, 5) is 6.07. The predicted molar refractivity (Wildman–Crippen MR) is 245 cm³/mol. The lowest BCUT2D eigenvalue weighted by molar-refractivity contribution is 0.137. The first-order chi connectivity index (χ1) is 23.3. The van der Waals surface area contributed by atoms with Crippen LogP contribution < -0.4 is 10.6 Å². The molecular formula is C46H82B2N2P2. The number of rotatable bonds is 10. The molecule has 0 saturated carbocycles. The Labute approximate surface area is 328 Å². The third-order valence-corrected chi connectivity index (χ3v) is 19.0. The van der Waals surface area contributed by atoms with Gasteiger partial charge in [0.05, 0.1) is 0 Å². The van der Waals surface area contributed by atoms with Gasteiger partial charge in [0, 0.05) is 22.2 Å². The highest BCUT2D eigenvalue weighted by Crippen LogP contribution is 2.78. The van der Waals surface area contributed by atoms with Crippen molar-refractivity contribution in [2.75, 3.05) is 0 Å². The maximum absolute atomic E-state index is 3.03. The summed E-state index contributed by atoms with van der Waals surface area (Å²) in [5.74, 6) is 2.84. The minimum Gasteiger partial charge on any atom is -0.325 e. The van der Waals surface area contributed by atoms with Gasteiger partial charge in [-0.3, -0.25) is 0 Å². The van der Waals surface area contributed by atoms with E-state index in [4.69, 9.17) is 0 Å². The number of nitrogens with zero attached hydrogens (tertiary/aromatic N) is 2. The second-order valence-electron chi connectivity index (χ2n) is 22.0. The SMILES string of the molecule is CC(C)c1cc(C(C)C)c(P2B(N(C(C)(C)C)C(C)(C)C)P(c3c(C(C)C)cc(C(C)C)cc3C(C)C)B2N(C(C)(C)C)C(C)(C)C)c(C(C)C)c1. The molecule has 0 radical (unpaired) electrons. The second-order valence-corrected chi connectivity index (χ2v) is 27.2. The van der Waals surface area contributed by atoms with E-state index in [1.54, 1.807) is 32.9 Å². The number of hydrogen-bond acceptors (Lipinski definition) is 2. The lowest BCUT2D eigenvalue weighted by Gasteiger charge is -2.66. The summed E-state index contributed by atoms with van der Waals surface area (Å²) in [6, 6.07) is 10.6. The van der Waals surface area contributed by atoms with Crippen LogP contribution in [0.2, 0.25) is 0 Å². The van der Waals surface area contributed by atoms with E-state index in [0.29, 0.717) is 48.1 Å². The Kier molecular flexibility index (Phi) is 14.1. The topological polar surface area (TPSA) is 6.48 Å². The minimum atomic E-state index is -0.659. The fourth-order valence-corrected chi connectivity index (χ4v) is 20.9. The quantitative estimate of drug-likeness (QED) is 0.176. The first kappa shape index (κ1) is 45.7. The van der Waals surface area contributed by atoms with Crippen molar-refractivity contribution in [2.45, 2.75) is 224 Å². The molecule has 0 aliphatic carbocycles. The van der Waals surface area contributed by atoms with Crippen LogP contribution in [0.4, 0.5) is 0 Å². The van der Waals surface area contributed by atoms with Gasteiger partial charge in [0.15, 0.2) is 0 Å². The molecule has 0 N–H and O–H groups in total. The standard InChI is InChI=1S/C46H82B2N2P2/c1-29(2)35-25-37(31(5)6)41(38(26-35)32(7)8)51-47(49(43(13,14)15)44(16,17)18)52(48(51)50(45(19,20)21)46(22,23)24)42-39(33(9)10)27-36(30(3)4)28-40(42)34(11)12/h25-34H,1-24H3. The number of benzene rings is 2. The zero-order chi connectivity index (χ0) is 40.4. The fourth-order valence-electron chi connectivity index (χ4n) is 9.23. The number of hydrogen-bond donors (Lipinski definition) is 0. The largest absolute Gasteiger partial charge is 0.325 e. The molecule has 292 valence electrons. The molecule has 2 nitrogen and oxygen atoms in total. The predicted octanol–water partition coefficient (Wildman–Crippen LogP) is 14.1. The normalized spacial score (nSPS) is 18.2. The monoisotopic (exact) mass is 747 g/mol. The van der Waals surface area contributed by atoms with E-state index in [1.165, 1.54) is 11.1 Å². The molecule has 3 rings (SSSR count). The van der Waals surface area contributed by atoms with Crippen molar-refractivity contribution in [2.24, 2.45) is 0 Å². The molecule has 1 heterocycles. The third kappa shape index (κ3) is 9.30. The van der Waals surface area contributed by atoms with Crippen LogP contribution in [-0.2, 0) is 0 Å². The van der Waals surface area contributed by atoms with Gasteiger partial charge in [0.1, 0.15) is 0 Å². The Morgan fingerprint density at radius 1 is 0.365 bits per heavy atom. The maximum atomic E-state index is 3.03. The van der Waals surface area contributed by atoms with E-state index in [0.717, 1.165) is 0 Å². The van der Waals surface area contributed by atoms with Gasteiger partial charge < -0.3 is 9.62 Å². The highest BCUT2D eigenvalue weighted by molar-refractivity contribution is 8.63. The molecule has 1 aliphatic heterocycles. The van der Waals surface area contributed by atoms with Crippen molar-refractivity contribution in [3.05, 3.63) is 57.6 Å². The zero-order valence-electron chi connectivity index (χ0n) is 38.7. The molecule has 0 bridgehead atoms. The fraction of sp³-hybridized carbons (Fsp3) is 0.739. The summed E-state index contributed by atoms with van der Waals surface area (Å²) in [7, 11) is -1.32. The van der Waals surface area contributed by atoms with Crippen molar-refractivity contribution < 1.29 is 0 Å². The lowest BCUT2D eigenvalue weighted by Crippen LogP contribution is -2.72. The summed E-state index contributed by atoms with van der Waals surface area (Å²) in [6.45, 7) is 59.2. The average molecular weight is 747 g/mol. The third-order valence-electron chi connectivity index (χ3n) is 11.1. The molecule has 0 aromatic heterocycles. The molecule has 1 fully saturated rings. The summed E-state index contributed by atoms with van der Waals surface area (Å²) in [5, 5.41) is 3.46. The molecule has 0 spiro atoms. The summed E-state index contributed by atoms with van der Waals surface area (Å²) in [5.41, 5.74) is 9.41. The highest BCUT2D eigenvalue weighted by Gasteiger charge is 2.67. The van der Waals surface area contributed by atoms with Crippen LogP contribution >= 0.6 is 15.4 Å². The van der Waals surface area contributed by atoms with Crippen LogP contribution in [0.1, 0.15) is 235 Å². The summed E-state index contributed by atoms with van der Waals surface area (Å²) >= 11 is 0. The molecule has 2 aromatic rings. The molecule has 0 unspecified atom stereocenters. The van der Waals surface area contributed by atoms with E-state index in [2.05, 4.69) is 200 Å². The maximum Gasteiger partial charge on any atom is 0.278 e. The van der Waals surface area contributed by atoms with Crippen LogP contribution in [0, 0.1) is 0 Å². The lowest BCUT2D eigenvalue weighted by atomic mass is 9.87. The summed E-state index contributed by atoms with van der Waals surface area (Å²) < 4.78 is 0. The summed E-state index contributed by atoms with van der Waals surface area (Å²) in [6.07, 6.45) is 0.893. The van der Waals surface area contributed by atoms with E-state index in [-0.39, 0.29) is 22.2 Å². The smallest absolute Gasteiger partial charge is 0.278 e. The van der Waals surface area contributed by atoms with Gasteiger partial charge in [0.25, 0.3) is 12.6 Å². The molecular weight excluding hydrogens is 664 g/mol. The minimum absolute atomic E-state index is 0.00886. The Bertz CT molecular complexity index is 1320. The van der Waals surface area contributed by atoms with Crippen LogP contribution in [0.3, 0.4) is 0 Å². The van der Waals surface area contributed by atoms with Crippen LogP contribution in [0.15, 0.2) is 24.3 Å². The van der Waals surface area contributed by atoms with Crippen molar-refractivity contribution in [1.82, 2.24) is 9.62 Å². The Hall–Kier alpha value is -0.650. The first-order valence-electron chi connectivity index (χ1n) is 20.9. The zero-order valence-corrected chi connectivity index (χ0v) is 40.5. The van der Waals surface area contributed by atoms with Gasteiger partial charge in [-0.2, -0.15) is 0 Å². The van der Waals surface area contributed by atoms with Crippen molar-refractivity contribution in [3.8, 4) is 0 Å². The van der Waals surface area contributed by atoms with E-state index in [1.807, 2.05) is 0 Å². The molecule has 0 atom stereocenters. The second kappa shape index (κ2) is 16.1. The molecule has 1 aliphatic rings. The van der Waals surface area contributed by atoms with E-state index < -0.39 is 15.4 Å². The van der Waals surface area contributed by atoms with Crippen LogP contribution in [0.5, 0.6) is 0 Å². The highest BCUT2D eigenvalue weighted by atomic mass is 31.2. The molecule has 2 aromatic carbocycles. The molecule has 0 amide bonds. The van der Waals surface area contributed by atoms with E-state index in [9.17, 15) is 0 Å². The molecule has 52 heavy (non-hydrogen) atoms. The molecule has 1 saturated heterocycles. The first-order valence-corrected chi connectivity index (χ1v) is 23.8. The van der Waals surface area contributed by atoms with Gasteiger partial charge in [-0.25, -0.2) is 0 Å². The van der Waals surface area contributed by atoms with Crippen molar-refractivity contribution in [1.29, 1.82) is 0 Å². The average Bonchev–Trinajstić information content (AvgIpc) is 2.92.